The number of nitrogens with one attached hydrogen (secondary N) is 4. The van der Waals surface area contributed by atoms with Gasteiger partial charge in [0.25, 0.3) is 11.8 Å². The van der Waals surface area contributed by atoms with Gasteiger partial charge in [0.15, 0.2) is 0 Å². The number of carbonyl (C=O) groups excluding carboxylic acids is 3. The molecule has 2 aromatic heterocycles. The van der Waals surface area contributed by atoms with Crippen LogP contribution in [0.5, 0.6) is 0 Å². The quantitative estimate of drug-likeness (QED) is 0.156. The summed E-state index contributed by atoms with van der Waals surface area (Å²) in [4.78, 5) is 39.8. The van der Waals surface area contributed by atoms with E-state index in [9.17, 15) is 22.8 Å². The van der Waals surface area contributed by atoms with Crippen LogP contribution >= 0.6 is 22.7 Å². The first-order valence-electron chi connectivity index (χ1n) is 14.4. The number of hydrogen-bond donors (Lipinski definition) is 4. The van der Waals surface area contributed by atoms with Crippen molar-refractivity contribution in [3.05, 3.63) is 92.6 Å². The van der Waals surface area contributed by atoms with E-state index >= 15 is 0 Å². The molecule has 0 spiro atoms. The average Bonchev–Trinajstić information content (AvgIpc) is 3.70. The molecular weight excluding hydrogens is 647 g/mol. The minimum Gasteiger partial charge on any atom is -0.348 e. The molecule has 4 N–H and O–H groups in total. The summed E-state index contributed by atoms with van der Waals surface area (Å²) in [6.07, 6.45) is 1.51. The Bertz CT molecular complexity index is 1760. The molecule has 0 radical (unpaired) electrons. The van der Waals surface area contributed by atoms with E-state index in [0.29, 0.717) is 11.6 Å². The highest BCUT2D eigenvalue weighted by Crippen LogP contribution is 2.22. The van der Waals surface area contributed by atoms with Gasteiger partial charge >= 0.3 is 0 Å². The van der Waals surface area contributed by atoms with E-state index in [0.717, 1.165) is 26.7 Å². The van der Waals surface area contributed by atoms with Crippen molar-refractivity contribution in [3.8, 4) is 0 Å². The highest BCUT2D eigenvalue weighted by Gasteiger charge is 2.23. The minimum absolute atomic E-state index is 0.110. The van der Waals surface area contributed by atoms with Crippen LogP contribution in [0.15, 0.2) is 65.4 Å². The van der Waals surface area contributed by atoms with Crippen LogP contribution < -0.4 is 25.6 Å². The Labute approximate surface area is 276 Å². The summed E-state index contributed by atoms with van der Waals surface area (Å²) in [5, 5.41) is 24.7. The molecule has 15 heteroatoms. The zero-order valence-electron chi connectivity index (χ0n) is 26.1. The SMILES string of the molecule is Cc1nnc(NC(=O)[C@H](C)NC[C@H](Cc2ccsc2)NC(=O)c2cc(C(=O)N[C@H](C)c3ccccc3)cc(N(C)S(C)(=O)=O)c2)s1. The van der Waals surface area contributed by atoms with Crippen LogP contribution in [-0.4, -0.2) is 68.3 Å². The lowest BCUT2D eigenvalue weighted by molar-refractivity contribution is -0.117. The molecule has 0 aliphatic carbocycles. The lowest BCUT2D eigenvalue weighted by atomic mass is 10.0. The third-order valence-corrected chi connectivity index (χ3v) is 9.86. The average molecular weight is 684 g/mol. The maximum absolute atomic E-state index is 13.7. The Morgan fingerprint density at radius 1 is 0.957 bits per heavy atom. The highest BCUT2D eigenvalue weighted by molar-refractivity contribution is 7.92. The van der Waals surface area contributed by atoms with Crippen molar-refractivity contribution in [2.45, 2.75) is 45.3 Å². The fourth-order valence-corrected chi connectivity index (χ4v) is 6.23. The first-order valence-corrected chi connectivity index (χ1v) is 18.0. The lowest BCUT2D eigenvalue weighted by Crippen LogP contribution is -2.48. The molecule has 12 nitrogen and oxygen atoms in total. The molecule has 3 amide bonds. The Kier molecular flexibility index (Phi) is 11.6. The monoisotopic (exact) mass is 683 g/mol. The van der Waals surface area contributed by atoms with Crippen molar-refractivity contribution in [1.82, 2.24) is 26.1 Å². The summed E-state index contributed by atoms with van der Waals surface area (Å²) >= 11 is 2.80. The van der Waals surface area contributed by atoms with Crippen LogP contribution in [0.4, 0.5) is 10.8 Å². The molecule has 3 atom stereocenters. The second-order valence-corrected chi connectivity index (χ2v) is 14.8. The molecular formula is C31H37N7O5S3. The van der Waals surface area contributed by atoms with Gasteiger partial charge in [0.2, 0.25) is 21.1 Å². The zero-order valence-corrected chi connectivity index (χ0v) is 28.6. The van der Waals surface area contributed by atoms with Crippen molar-refractivity contribution in [2.75, 3.05) is 29.5 Å². The molecule has 0 fully saturated rings. The zero-order chi connectivity index (χ0) is 33.4. The number of amides is 3. The van der Waals surface area contributed by atoms with E-state index in [2.05, 4.69) is 31.5 Å². The molecule has 0 saturated heterocycles. The minimum atomic E-state index is -3.70. The number of aromatic nitrogens is 2. The van der Waals surface area contributed by atoms with Gasteiger partial charge in [-0.15, -0.1) is 10.2 Å². The van der Waals surface area contributed by atoms with E-state index in [1.165, 1.54) is 47.9 Å². The molecule has 2 aromatic carbocycles. The largest absolute Gasteiger partial charge is 0.348 e. The Balaban J connectivity index is 1.54. The summed E-state index contributed by atoms with van der Waals surface area (Å²) < 4.78 is 25.8. The van der Waals surface area contributed by atoms with E-state index < -0.39 is 33.9 Å². The normalized spacial score (nSPS) is 13.3. The van der Waals surface area contributed by atoms with Crippen molar-refractivity contribution < 1.29 is 22.8 Å². The molecule has 0 aliphatic rings. The number of anilines is 2. The lowest BCUT2D eigenvalue weighted by Gasteiger charge is -2.23. The topological polar surface area (TPSA) is 162 Å². The van der Waals surface area contributed by atoms with Gasteiger partial charge in [-0.3, -0.25) is 24.0 Å². The van der Waals surface area contributed by atoms with Crippen LogP contribution in [0.2, 0.25) is 0 Å². The van der Waals surface area contributed by atoms with E-state index in [1.54, 1.807) is 13.8 Å². The maximum atomic E-state index is 13.7. The van der Waals surface area contributed by atoms with Crippen molar-refractivity contribution in [2.24, 2.45) is 0 Å². The predicted molar refractivity (Wildman–Crippen MR) is 182 cm³/mol. The fraction of sp³-hybridized carbons (Fsp3) is 0.323. The molecule has 4 rings (SSSR count). The van der Waals surface area contributed by atoms with Gasteiger partial charge in [-0.05, 0) is 73.3 Å². The van der Waals surface area contributed by atoms with Crippen LogP contribution in [0, 0.1) is 6.92 Å². The van der Waals surface area contributed by atoms with Gasteiger partial charge < -0.3 is 16.0 Å². The molecule has 244 valence electrons. The molecule has 4 aromatic rings. The Morgan fingerprint density at radius 2 is 1.63 bits per heavy atom. The van der Waals surface area contributed by atoms with Crippen molar-refractivity contribution in [1.29, 1.82) is 0 Å². The second-order valence-electron chi connectivity index (χ2n) is 10.9. The van der Waals surface area contributed by atoms with Crippen LogP contribution in [0.3, 0.4) is 0 Å². The van der Waals surface area contributed by atoms with Crippen LogP contribution in [0.1, 0.15) is 56.7 Å². The first-order chi connectivity index (χ1) is 21.8. The van der Waals surface area contributed by atoms with Gasteiger partial charge in [-0.2, -0.15) is 11.3 Å². The second kappa shape index (κ2) is 15.4. The highest BCUT2D eigenvalue weighted by atomic mass is 32.2. The standard InChI is InChI=1S/C31H37N7O5S3/c1-19(23-9-7-6-8-10-23)33-29(40)24-14-25(16-27(15-24)38(4)46(5,42)43)30(41)34-26(13-22-11-12-44-18-22)17-32-20(2)28(39)35-31-37-36-21(3)45-31/h6-12,14-16,18-20,26,32H,13,17H2,1-5H3,(H,33,40)(H,34,41)(H,35,37,39)/t19-,20+,26+/m1/s1. The Morgan fingerprint density at radius 3 is 2.22 bits per heavy atom. The summed E-state index contributed by atoms with van der Waals surface area (Å²) in [7, 11) is -2.34. The van der Waals surface area contributed by atoms with Crippen LogP contribution in [-0.2, 0) is 21.2 Å². The maximum Gasteiger partial charge on any atom is 0.251 e. The van der Waals surface area contributed by atoms with Crippen molar-refractivity contribution >= 4 is 61.2 Å². The Hall–Kier alpha value is -4.18. The van der Waals surface area contributed by atoms with Gasteiger partial charge in [0, 0.05) is 30.8 Å². The third-order valence-electron chi connectivity index (χ3n) is 7.17. The van der Waals surface area contributed by atoms with E-state index in [1.807, 2.05) is 54.1 Å². The first kappa shape index (κ1) is 34.7. The van der Waals surface area contributed by atoms with E-state index in [4.69, 9.17) is 0 Å². The van der Waals surface area contributed by atoms with Crippen LogP contribution in [0.25, 0.3) is 0 Å². The number of nitrogens with zero attached hydrogens (tertiary/aromatic N) is 3. The number of hydrogen-bond acceptors (Lipinski definition) is 10. The van der Waals surface area contributed by atoms with Crippen molar-refractivity contribution in [3.63, 3.8) is 0 Å². The molecule has 0 aliphatic heterocycles. The van der Waals surface area contributed by atoms with Gasteiger partial charge in [-0.25, -0.2) is 8.42 Å². The predicted octanol–water partition coefficient (Wildman–Crippen LogP) is 3.75. The molecule has 0 bridgehead atoms. The molecule has 2 heterocycles. The number of sulfonamides is 1. The van der Waals surface area contributed by atoms with Gasteiger partial charge in [-0.1, -0.05) is 41.7 Å². The number of thiophene rings is 1. The summed E-state index contributed by atoms with van der Waals surface area (Å²) in [6.45, 7) is 5.59. The smallest absolute Gasteiger partial charge is 0.251 e. The number of aryl methyl sites for hydroxylation is 1. The van der Waals surface area contributed by atoms with Gasteiger partial charge in [0.1, 0.15) is 5.01 Å². The molecule has 46 heavy (non-hydrogen) atoms. The van der Waals surface area contributed by atoms with E-state index in [-0.39, 0.29) is 35.3 Å². The molecule has 0 unspecified atom stereocenters. The third kappa shape index (κ3) is 9.66. The fourth-order valence-electron chi connectivity index (χ4n) is 4.46. The number of rotatable bonds is 14. The summed E-state index contributed by atoms with van der Waals surface area (Å²) in [5.74, 6) is -1.26. The number of carbonyl (C=O) groups is 3. The number of benzene rings is 2. The summed E-state index contributed by atoms with van der Waals surface area (Å²) in [6, 6.07) is 14.3. The van der Waals surface area contributed by atoms with Gasteiger partial charge in [0.05, 0.1) is 24.0 Å². The molecule has 0 saturated carbocycles. The summed E-state index contributed by atoms with van der Waals surface area (Å²) in [5.41, 5.74) is 2.30.